The van der Waals surface area contributed by atoms with Gasteiger partial charge in [0, 0.05) is 11.1 Å². The zero-order valence-electron chi connectivity index (χ0n) is 12.1. The predicted octanol–water partition coefficient (Wildman–Crippen LogP) is 0.724. The smallest absolute Gasteiger partial charge is 0.558 e. The first kappa shape index (κ1) is 17.1. The Morgan fingerprint density at radius 2 is 1.84 bits per heavy atom. The summed E-state index contributed by atoms with van der Waals surface area (Å²) in [6, 6.07) is 5.93. The van der Waals surface area contributed by atoms with Crippen molar-refractivity contribution in [3.63, 3.8) is 0 Å². The molecule has 1 aromatic carbocycles. The van der Waals surface area contributed by atoms with Crippen molar-refractivity contribution in [2.24, 2.45) is 5.92 Å². The zero-order chi connectivity index (χ0) is 13.3. The Balaban J connectivity index is 0.00000180. The average Bonchev–Trinajstić information content (AvgIpc) is 3.11. The number of benzene rings is 1. The number of hydrogen-bond donors (Lipinski definition) is 0. The maximum atomic E-state index is 10.9. The van der Waals surface area contributed by atoms with Crippen LogP contribution in [0.4, 0.5) is 0 Å². The number of rotatable bonds is 5. The van der Waals surface area contributed by atoms with Crippen LogP contribution in [0.5, 0.6) is 5.75 Å². The molecule has 2 rings (SSSR count). The van der Waals surface area contributed by atoms with E-state index in [1.54, 1.807) is 0 Å². The molecule has 2 atom stereocenters. The van der Waals surface area contributed by atoms with Crippen LogP contribution in [0.3, 0.4) is 0 Å². The van der Waals surface area contributed by atoms with E-state index in [1.165, 1.54) is 12.8 Å². The molecule has 5 heteroatoms. The summed E-state index contributed by atoms with van der Waals surface area (Å²) in [6.45, 7) is 6.25. The van der Waals surface area contributed by atoms with E-state index in [-0.39, 0.29) is 35.5 Å². The third kappa shape index (κ3) is 4.27. The SMILES string of the molecule is CC(C)c1cccc([C@H](C)C2CC2)c1O[P+](=O)[O-].[Na+]. The van der Waals surface area contributed by atoms with E-state index in [1.807, 2.05) is 32.0 Å². The van der Waals surface area contributed by atoms with Gasteiger partial charge in [0.25, 0.3) is 0 Å². The molecule has 0 spiro atoms. The summed E-state index contributed by atoms with van der Waals surface area (Å²) >= 11 is 0. The van der Waals surface area contributed by atoms with Gasteiger partial charge in [-0.1, -0.05) is 39.0 Å². The molecule has 3 nitrogen and oxygen atoms in total. The van der Waals surface area contributed by atoms with Crippen molar-refractivity contribution in [3.05, 3.63) is 29.3 Å². The summed E-state index contributed by atoms with van der Waals surface area (Å²) in [4.78, 5) is 10.9. The fraction of sp³-hybridized carbons (Fsp3) is 0.571. The molecule has 98 valence electrons. The fourth-order valence-electron chi connectivity index (χ4n) is 2.42. The van der Waals surface area contributed by atoms with Crippen LogP contribution in [0, 0.1) is 5.92 Å². The first-order valence-electron chi connectivity index (χ1n) is 6.46. The maximum Gasteiger partial charge on any atom is 1.00 e. The Kier molecular flexibility index (Phi) is 6.49. The van der Waals surface area contributed by atoms with Crippen LogP contribution >= 0.6 is 8.25 Å². The van der Waals surface area contributed by atoms with Gasteiger partial charge < -0.3 is 4.89 Å². The van der Waals surface area contributed by atoms with Crippen LogP contribution < -0.4 is 39.0 Å². The largest absolute Gasteiger partial charge is 1.00 e. The quantitative estimate of drug-likeness (QED) is 0.593. The molecule has 0 aromatic heterocycles. The van der Waals surface area contributed by atoms with Gasteiger partial charge in [-0.3, -0.25) is 4.52 Å². The second kappa shape index (κ2) is 7.19. The normalized spacial score (nSPS) is 16.8. The van der Waals surface area contributed by atoms with Crippen molar-refractivity contribution in [3.8, 4) is 5.75 Å². The average molecular weight is 289 g/mol. The molecule has 1 unspecified atom stereocenters. The Morgan fingerprint density at radius 3 is 2.32 bits per heavy atom. The van der Waals surface area contributed by atoms with E-state index in [4.69, 9.17) is 4.52 Å². The van der Waals surface area contributed by atoms with Crippen LogP contribution in [0.2, 0.25) is 0 Å². The molecule has 19 heavy (non-hydrogen) atoms. The molecule has 0 aliphatic heterocycles. The second-order valence-electron chi connectivity index (χ2n) is 5.36. The van der Waals surface area contributed by atoms with E-state index in [9.17, 15) is 9.46 Å². The minimum atomic E-state index is -2.86. The van der Waals surface area contributed by atoms with Crippen LogP contribution in [-0.4, -0.2) is 0 Å². The van der Waals surface area contributed by atoms with Gasteiger partial charge in [0.2, 0.25) is 0 Å². The molecule has 1 saturated carbocycles. The molecule has 0 bridgehead atoms. The third-order valence-electron chi connectivity index (χ3n) is 3.68. The van der Waals surface area contributed by atoms with Gasteiger partial charge in [0.15, 0.2) is 5.75 Å². The van der Waals surface area contributed by atoms with E-state index in [0.29, 0.717) is 17.6 Å². The van der Waals surface area contributed by atoms with Gasteiger partial charge in [-0.15, -0.1) is 0 Å². The standard InChI is InChI=1S/C14H19O3P.Na/c1-9(2)12-5-4-6-13(10(3)11-7-8-11)14(12)17-18(15)16;/h4-6,9-11H,7-8H2,1-3H3;/q;+1/t10-;/m1./s1. The van der Waals surface area contributed by atoms with Gasteiger partial charge in [-0.2, -0.15) is 0 Å². The van der Waals surface area contributed by atoms with Crippen LogP contribution in [0.15, 0.2) is 18.2 Å². The number of para-hydroxylation sites is 1. The van der Waals surface area contributed by atoms with Gasteiger partial charge in [0.05, 0.1) is 0 Å². The van der Waals surface area contributed by atoms with Crippen LogP contribution in [-0.2, 0) is 4.57 Å². The molecule has 1 aliphatic rings. The molecule has 1 aromatic rings. The second-order valence-corrected chi connectivity index (χ2v) is 5.99. The van der Waals surface area contributed by atoms with Crippen molar-refractivity contribution < 1.29 is 43.5 Å². The summed E-state index contributed by atoms with van der Waals surface area (Å²) in [5.41, 5.74) is 2.00. The summed E-state index contributed by atoms with van der Waals surface area (Å²) in [5, 5.41) is 0. The van der Waals surface area contributed by atoms with Crippen molar-refractivity contribution in [1.82, 2.24) is 0 Å². The summed E-state index contributed by atoms with van der Waals surface area (Å²) in [6.07, 6.45) is 2.46. The minimum absolute atomic E-state index is 0. The Bertz CT molecular complexity index is 458. The molecule has 1 aliphatic carbocycles. The molecule has 0 radical (unpaired) electrons. The van der Waals surface area contributed by atoms with Crippen molar-refractivity contribution in [1.29, 1.82) is 0 Å². The van der Waals surface area contributed by atoms with E-state index >= 15 is 0 Å². The fourth-order valence-corrected chi connectivity index (χ4v) is 2.78. The summed E-state index contributed by atoms with van der Waals surface area (Å²) < 4.78 is 16.0. The third-order valence-corrected chi connectivity index (χ3v) is 4.02. The first-order chi connectivity index (χ1) is 8.50. The van der Waals surface area contributed by atoms with E-state index < -0.39 is 8.25 Å². The maximum absolute atomic E-state index is 10.9. The Labute approximate surface area is 138 Å². The van der Waals surface area contributed by atoms with Gasteiger partial charge in [-0.05, 0) is 35.2 Å². The van der Waals surface area contributed by atoms with Gasteiger partial charge >= 0.3 is 37.8 Å². The van der Waals surface area contributed by atoms with E-state index in [0.717, 1.165) is 11.1 Å². The topological polar surface area (TPSA) is 49.4 Å². The molecule has 0 N–H and O–H groups in total. The Hall–Kier alpha value is 0.0800. The number of hydrogen-bond acceptors (Lipinski definition) is 3. The van der Waals surface area contributed by atoms with E-state index in [2.05, 4.69) is 6.92 Å². The van der Waals surface area contributed by atoms with Gasteiger partial charge in [0.1, 0.15) is 0 Å². The first-order valence-corrected chi connectivity index (χ1v) is 7.55. The summed E-state index contributed by atoms with van der Waals surface area (Å²) in [5.74, 6) is 1.86. The molecule has 0 heterocycles. The predicted molar refractivity (Wildman–Crippen MR) is 69.9 cm³/mol. The molecule has 1 fully saturated rings. The van der Waals surface area contributed by atoms with Crippen LogP contribution in [0.25, 0.3) is 0 Å². The summed E-state index contributed by atoms with van der Waals surface area (Å²) in [7, 11) is -2.86. The minimum Gasteiger partial charge on any atom is -0.558 e. The van der Waals surface area contributed by atoms with Crippen molar-refractivity contribution >= 4 is 8.25 Å². The molecule has 0 amide bonds. The zero-order valence-corrected chi connectivity index (χ0v) is 14.9. The molecular formula is C14H19NaO3P+. The van der Waals surface area contributed by atoms with Crippen LogP contribution in [0.1, 0.15) is 56.6 Å². The molecule has 0 saturated heterocycles. The van der Waals surface area contributed by atoms with Crippen molar-refractivity contribution in [2.75, 3.05) is 0 Å². The Morgan fingerprint density at radius 1 is 1.26 bits per heavy atom. The molecular weight excluding hydrogens is 270 g/mol. The van der Waals surface area contributed by atoms with Crippen molar-refractivity contribution in [2.45, 2.75) is 45.4 Å². The monoisotopic (exact) mass is 289 g/mol. The van der Waals surface area contributed by atoms with Gasteiger partial charge in [-0.25, -0.2) is 0 Å².